The standard InChI is InChI=1S/C15H15BrN2O/c1-17-13-8-6-11(7-9-13)15(19)18-10-12-4-2-3-5-14(12)16/h2-9,17H,10H2,1H3,(H,18,19). The van der Waals surface area contributed by atoms with Crippen LogP contribution in [0.5, 0.6) is 0 Å². The first-order valence-electron chi connectivity index (χ1n) is 6.00. The Bertz CT molecular complexity index is 567. The zero-order valence-corrected chi connectivity index (χ0v) is 12.2. The Kier molecular flexibility index (Phi) is 4.58. The fourth-order valence-electron chi connectivity index (χ4n) is 1.71. The fraction of sp³-hybridized carbons (Fsp3) is 0.133. The number of anilines is 1. The van der Waals surface area contributed by atoms with Gasteiger partial charge in [0.05, 0.1) is 0 Å². The molecule has 2 N–H and O–H groups in total. The molecular formula is C15H15BrN2O. The minimum Gasteiger partial charge on any atom is -0.388 e. The highest BCUT2D eigenvalue weighted by atomic mass is 79.9. The summed E-state index contributed by atoms with van der Waals surface area (Å²) in [7, 11) is 1.85. The Balaban J connectivity index is 1.99. The Labute approximate surface area is 121 Å². The average Bonchev–Trinajstić information content (AvgIpc) is 2.46. The van der Waals surface area contributed by atoms with Crippen LogP contribution in [0.15, 0.2) is 53.0 Å². The molecule has 0 spiro atoms. The van der Waals surface area contributed by atoms with E-state index in [0.717, 1.165) is 15.7 Å². The van der Waals surface area contributed by atoms with Crippen LogP contribution in [0.1, 0.15) is 15.9 Å². The summed E-state index contributed by atoms with van der Waals surface area (Å²) in [4.78, 5) is 12.0. The number of halogens is 1. The van der Waals surface area contributed by atoms with Crippen molar-refractivity contribution < 1.29 is 4.79 Å². The van der Waals surface area contributed by atoms with Crippen LogP contribution in [0.25, 0.3) is 0 Å². The Morgan fingerprint density at radius 3 is 2.42 bits per heavy atom. The maximum atomic E-state index is 12.0. The molecule has 0 aliphatic heterocycles. The van der Waals surface area contributed by atoms with E-state index >= 15 is 0 Å². The number of carbonyl (C=O) groups excluding carboxylic acids is 1. The van der Waals surface area contributed by atoms with E-state index in [1.165, 1.54) is 0 Å². The van der Waals surface area contributed by atoms with Gasteiger partial charge in [-0.15, -0.1) is 0 Å². The molecule has 0 bridgehead atoms. The van der Waals surface area contributed by atoms with Crippen molar-refractivity contribution in [1.29, 1.82) is 0 Å². The third-order valence-corrected chi connectivity index (χ3v) is 3.61. The highest BCUT2D eigenvalue weighted by Crippen LogP contribution is 2.15. The molecule has 0 aromatic heterocycles. The lowest BCUT2D eigenvalue weighted by atomic mass is 10.2. The van der Waals surface area contributed by atoms with Crippen molar-refractivity contribution in [2.24, 2.45) is 0 Å². The summed E-state index contributed by atoms with van der Waals surface area (Å²) in [5.74, 6) is -0.0709. The van der Waals surface area contributed by atoms with Gasteiger partial charge in [0, 0.05) is 29.3 Å². The summed E-state index contributed by atoms with van der Waals surface area (Å²) < 4.78 is 1.00. The molecule has 0 fully saturated rings. The smallest absolute Gasteiger partial charge is 0.251 e. The van der Waals surface area contributed by atoms with Crippen LogP contribution in [0, 0.1) is 0 Å². The first-order valence-corrected chi connectivity index (χ1v) is 6.79. The maximum absolute atomic E-state index is 12.0. The van der Waals surface area contributed by atoms with Crippen molar-refractivity contribution >= 4 is 27.5 Å². The molecule has 0 radical (unpaired) electrons. The quantitative estimate of drug-likeness (QED) is 0.907. The van der Waals surface area contributed by atoms with Gasteiger partial charge in [0.15, 0.2) is 0 Å². The monoisotopic (exact) mass is 318 g/mol. The van der Waals surface area contributed by atoms with E-state index in [0.29, 0.717) is 12.1 Å². The molecule has 0 aliphatic carbocycles. The van der Waals surface area contributed by atoms with E-state index in [1.54, 1.807) is 12.1 Å². The van der Waals surface area contributed by atoms with Gasteiger partial charge in [0.2, 0.25) is 0 Å². The molecule has 19 heavy (non-hydrogen) atoms. The van der Waals surface area contributed by atoms with Crippen LogP contribution in [-0.4, -0.2) is 13.0 Å². The fourth-order valence-corrected chi connectivity index (χ4v) is 2.13. The highest BCUT2D eigenvalue weighted by molar-refractivity contribution is 9.10. The van der Waals surface area contributed by atoms with E-state index in [-0.39, 0.29) is 5.91 Å². The van der Waals surface area contributed by atoms with Crippen LogP contribution >= 0.6 is 15.9 Å². The van der Waals surface area contributed by atoms with Crippen LogP contribution in [0.2, 0.25) is 0 Å². The van der Waals surface area contributed by atoms with Crippen LogP contribution in [0.3, 0.4) is 0 Å². The third-order valence-electron chi connectivity index (χ3n) is 2.83. The second-order valence-electron chi connectivity index (χ2n) is 4.10. The first kappa shape index (κ1) is 13.6. The average molecular weight is 319 g/mol. The Hall–Kier alpha value is -1.81. The number of amides is 1. The lowest BCUT2D eigenvalue weighted by Crippen LogP contribution is -2.22. The molecule has 0 aliphatic rings. The van der Waals surface area contributed by atoms with Gasteiger partial charge in [-0.3, -0.25) is 4.79 Å². The minimum atomic E-state index is -0.0709. The van der Waals surface area contributed by atoms with Crippen LogP contribution in [0.4, 0.5) is 5.69 Å². The van der Waals surface area contributed by atoms with Crippen molar-refractivity contribution in [2.75, 3.05) is 12.4 Å². The van der Waals surface area contributed by atoms with Gasteiger partial charge < -0.3 is 10.6 Å². The lowest BCUT2D eigenvalue weighted by molar-refractivity contribution is 0.0951. The third kappa shape index (κ3) is 3.58. The van der Waals surface area contributed by atoms with Crippen molar-refractivity contribution in [2.45, 2.75) is 6.54 Å². The largest absolute Gasteiger partial charge is 0.388 e. The van der Waals surface area contributed by atoms with Gasteiger partial charge in [0.1, 0.15) is 0 Å². The molecule has 4 heteroatoms. The van der Waals surface area contributed by atoms with Crippen LogP contribution < -0.4 is 10.6 Å². The molecule has 98 valence electrons. The number of hydrogen-bond donors (Lipinski definition) is 2. The molecule has 2 aromatic carbocycles. The van der Waals surface area contributed by atoms with Gasteiger partial charge in [-0.25, -0.2) is 0 Å². The normalized spacial score (nSPS) is 10.0. The number of nitrogens with one attached hydrogen (secondary N) is 2. The van der Waals surface area contributed by atoms with Gasteiger partial charge in [-0.2, -0.15) is 0 Å². The van der Waals surface area contributed by atoms with E-state index in [4.69, 9.17) is 0 Å². The first-order chi connectivity index (χ1) is 9.20. The summed E-state index contributed by atoms with van der Waals surface area (Å²) >= 11 is 3.46. The summed E-state index contributed by atoms with van der Waals surface area (Å²) in [6, 6.07) is 15.2. The van der Waals surface area contributed by atoms with E-state index in [9.17, 15) is 4.79 Å². The summed E-state index contributed by atoms with van der Waals surface area (Å²) in [5, 5.41) is 5.92. The molecule has 2 rings (SSSR count). The van der Waals surface area contributed by atoms with Crippen molar-refractivity contribution in [1.82, 2.24) is 5.32 Å². The lowest BCUT2D eigenvalue weighted by Gasteiger charge is -2.07. The Morgan fingerprint density at radius 1 is 1.11 bits per heavy atom. The van der Waals surface area contributed by atoms with E-state index < -0.39 is 0 Å². The van der Waals surface area contributed by atoms with Gasteiger partial charge >= 0.3 is 0 Å². The molecule has 0 saturated heterocycles. The highest BCUT2D eigenvalue weighted by Gasteiger charge is 2.06. The number of benzene rings is 2. The van der Waals surface area contributed by atoms with Crippen LogP contribution in [-0.2, 0) is 6.54 Å². The minimum absolute atomic E-state index is 0.0709. The molecular weight excluding hydrogens is 304 g/mol. The summed E-state index contributed by atoms with van der Waals surface area (Å²) in [6.07, 6.45) is 0. The molecule has 0 unspecified atom stereocenters. The van der Waals surface area contributed by atoms with Crippen molar-refractivity contribution in [3.63, 3.8) is 0 Å². The van der Waals surface area contributed by atoms with Gasteiger partial charge in [-0.05, 0) is 35.9 Å². The second kappa shape index (κ2) is 6.38. The SMILES string of the molecule is CNc1ccc(C(=O)NCc2ccccc2Br)cc1. The maximum Gasteiger partial charge on any atom is 0.251 e. The Morgan fingerprint density at radius 2 is 1.79 bits per heavy atom. The number of hydrogen-bond acceptors (Lipinski definition) is 2. The number of carbonyl (C=O) groups is 1. The summed E-state index contributed by atoms with van der Waals surface area (Å²) in [6.45, 7) is 0.508. The zero-order valence-electron chi connectivity index (χ0n) is 10.6. The topological polar surface area (TPSA) is 41.1 Å². The van der Waals surface area contributed by atoms with E-state index in [2.05, 4.69) is 26.6 Å². The summed E-state index contributed by atoms with van der Waals surface area (Å²) in [5.41, 5.74) is 2.70. The molecule has 1 amide bonds. The molecule has 3 nitrogen and oxygen atoms in total. The van der Waals surface area contributed by atoms with Gasteiger partial charge in [-0.1, -0.05) is 34.1 Å². The predicted octanol–water partition coefficient (Wildman–Crippen LogP) is 3.42. The second-order valence-corrected chi connectivity index (χ2v) is 4.96. The van der Waals surface area contributed by atoms with Crippen molar-refractivity contribution in [3.8, 4) is 0 Å². The van der Waals surface area contributed by atoms with E-state index in [1.807, 2.05) is 43.4 Å². The molecule has 0 atom stereocenters. The molecule has 2 aromatic rings. The number of rotatable bonds is 4. The van der Waals surface area contributed by atoms with Gasteiger partial charge in [0.25, 0.3) is 5.91 Å². The predicted molar refractivity (Wildman–Crippen MR) is 81.3 cm³/mol. The molecule has 0 saturated carbocycles. The van der Waals surface area contributed by atoms with Crippen molar-refractivity contribution in [3.05, 3.63) is 64.1 Å². The molecule has 0 heterocycles. The zero-order chi connectivity index (χ0) is 13.7.